The Labute approximate surface area is 200 Å². The molecule has 0 aliphatic carbocycles. The Morgan fingerprint density at radius 3 is 1.71 bits per heavy atom. The molecule has 1 aliphatic heterocycles. The van der Waals surface area contributed by atoms with E-state index in [1.807, 2.05) is 93.6 Å². The summed E-state index contributed by atoms with van der Waals surface area (Å²) >= 11 is 0. The van der Waals surface area contributed by atoms with Gasteiger partial charge in [0.1, 0.15) is 30.0 Å². The molecule has 178 valence electrons. The van der Waals surface area contributed by atoms with Gasteiger partial charge in [-0.25, -0.2) is 0 Å². The molecule has 0 radical (unpaired) electrons. The molecule has 6 heteroatoms. The van der Waals surface area contributed by atoms with Gasteiger partial charge >= 0.3 is 5.97 Å². The highest BCUT2D eigenvalue weighted by atomic mass is 16.7. The van der Waals surface area contributed by atoms with Gasteiger partial charge in [-0.1, -0.05) is 54.6 Å². The molecular weight excluding hydrogens is 432 g/mol. The Kier molecular flexibility index (Phi) is 7.38. The number of aryl methyl sites for hydroxylation is 3. The predicted molar refractivity (Wildman–Crippen MR) is 128 cm³/mol. The van der Waals surface area contributed by atoms with Crippen molar-refractivity contribution in [3.05, 3.63) is 89.5 Å². The minimum absolute atomic E-state index is 0.201. The first-order valence-corrected chi connectivity index (χ1v) is 11.4. The van der Waals surface area contributed by atoms with E-state index in [4.69, 9.17) is 23.7 Å². The standard InChI is InChI=1S/C28H30O6/c1-18-11-5-8-14-22(18)30-17-25-26(32-23-15-9-6-12-19(23)2)27(28(34-25)31-21(4)29)33-24-16-10-7-13-20(24)3/h5-16,25-28H,17H2,1-4H3. The van der Waals surface area contributed by atoms with Crippen LogP contribution >= 0.6 is 0 Å². The van der Waals surface area contributed by atoms with Crippen LogP contribution in [0.5, 0.6) is 17.2 Å². The van der Waals surface area contributed by atoms with E-state index >= 15 is 0 Å². The first-order chi connectivity index (χ1) is 16.4. The molecular formula is C28H30O6. The minimum atomic E-state index is -0.948. The first-order valence-electron chi connectivity index (χ1n) is 11.4. The lowest BCUT2D eigenvalue weighted by molar-refractivity contribution is -0.184. The van der Waals surface area contributed by atoms with Crippen molar-refractivity contribution >= 4 is 5.97 Å². The largest absolute Gasteiger partial charge is 0.490 e. The van der Waals surface area contributed by atoms with Gasteiger partial charge in [0.15, 0.2) is 12.2 Å². The number of ether oxygens (including phenoxy) is 5. The van der Waals surface area contributed by atoms with Crippen LogP contribution in [0.4, 0.5) is 0 Å². The van der Waals surface area contributed by atoms with E-state index in [0.717, 1.165) is 22.4 Å². The molecule has 3 aromatic carbocycles. The molecule has 3 aromatic rings. The predicted octanol–water partition coefficient (Wildman–Crippen LogP) is 5.17. The van der Waals surface area contributed by atoms with Crippen molar-refractivity contribution in [2.24, 2.45) is 0 Å². The average molecular weight is 463 g/mol. The van der Waals surface area contributed by atoms with Crippen molar-refractivity contribution in [2.75, 3.05) is 6.61 Å². The third-order valence-corrected chi connectivity index (χ3v) is 5.76. The van der Waals surface area contributed by atoms with Gasteiger partial charge in [-0.2, -0.15) is 0 Å². The molecule has 0 aromatic heterocycles. The van der Waals surface area contributed by atoms with E-state index in [-0.39, 0.29) is 6.61 Å². The van der Waals surface area contributed by atoms with Crippen LogP contribution in [0.25, 0.3) is 0 Å². The zero-order valence-electron chi connectivity index (χ0n) is 19.9. The number of rotatable bonds is 8. The molecule has 4 unspecified atom stereocenters. The highest BCUT2D eigenvalue weighted by Gasteiger charge is 2.51. The molecule has 1 saturated heterocycles. The van der Waals surface area contributed by atoms with Crippen LogP contribution in [0, 0.1) is 20.8 Å². The summed E-state index contributed by atoms with van der Waals surface area (Å²) in [6.07, 6.45) is -2.78. The fourth-order valence-corrected chi connectivity index (χ4v) is 3.91. The fraction of sp³-hybridized carbons (Fsp3) is 0.321. The molecule has 0 spiro atoms. The van der Waals surface area contributed by atoms with Gasteiger partial charge in [-0.05, 0) is 55.7 Å². The Balaban J connectivity index is 1.65. The summed E-state index contributed by atoms with van der Waals surface area (Å²) in [6, 6.07) is 23.2. The molecule has 0 N–H and O–H groups in total. The van der Waals surface area contributed by atoms with Crippen molar-refractivity contribution < 1.29 is 28.5 Å². The van der Waals surface area contributed by atoms with Crippen LogP contribution in [0.2, 0.25) is 0 Å². The molecule has 4 atom stereocenters. The Morgan fingerprint density at radius 1 is 0.735 bits per heavy atom. The van der Waals surface area contributed by atoms with Crippen LogP contribution in [0.1, 0.15) is 23.6 Å². The molecule has 6 nitrogen and oxygen atoms in total. The number of esters is 1. The normalized spacial score (nSPS) is 21.6. The maximum Gasteiger partial charge on any atom is 0.305 e. The minimum Gasteiger partial charge on any atom is -0.490 e. The van der Waals surface area contributed by atoms with Gasteiger partial charge in [0.25, 0.3) is 0 Å². The Hall–Kier alpha value is -3.51. The number of hydrogen-bond donors (Lipinski definition) is 0. The molecule has 0 saturated carbocycles. The number of carbonyl (C=O) groups is 1. The van der Waals surface area contributed by atoms with Crippen molar-refractivity contribution in [3.8, 4) is 17.2 Å². The molecule has 1 fully saturated rings. The second-order valence-electron chi connectivity index (χ2n) is 8.42. The zero-order valence-corrected chi connectivity index (χ0v) is 19.9. The van der Waals surface area contributed by atoms with Gasteiger partial charge in [0.2, 0.25) is 6.29 Å². The molecule has 1 aliphatic rings. The third kappa shape index (κ3) is 5.51. The maximum atomic E-state index is 11.9. The summed E-state index contributed by atoms with van der Waals surface area (Å²) in [7, 11) is 0. The zero-order chi connectivity index (χ0) is 24.1. The summed E-state index contributed by atoms with van der Waals surface area (Å²) < 4.78 is 30.6. The number of carbonyl (C=O) groups excluding carboxylic acids is 1. The van der Waals surface area contributed by atoms with E-state index in [9.17, 15) is 4.79 Å². The fourth-order valence-electron chi connectivity index (χ4n) is 3.91. The van der Waals surface area contributed by atoms with Crippen LogP contribution in [0.15, 0.2) is 72.8 Å². The Morgan fingerprint density at radius 2 is 1.21 bits per heavy atom. The van der Waals surface area contributed by atoms with E-state index in [1.54, 1.807) is 0 Å². The van der Waals surface area contributed by atoms with Gasteiger partial charge in [0.05, 0.1) is 0 Å². The van der Waals surface area contributed by atoms with Crippen molar-refractivity contribution in [1.82, 2.24) is 0 Å². The quantitative estimate of drug-likeness (QED) is 0.430. The average Bonchev–Trinajstić information content (AvgIpc) is 3.11. The van der Waals surface area contributed by atoms with Crippen molar-refractivity contribution in [3.63, 3.8) is 0 Å². The van der Waals surface area contributed by atoms with Gasteiger partial charge in [-0.3, -0.25) is 4.79 Å². The molecule has 1 heterocycles. The summed E-state index contributed by atoms with van der Waals surface area (Å²) in [5, 5.41) is 0. The SMILES string of the molecule is CC(=O)OC1OC(COc2ccccc2C)C(Oc2ccccc2C)C1Oc1ccccc1C. The van der Waals surface area contributed by atoms with E-state index in [1.165, 1.54) is 6.92 Å². The highest BCUT2D eigenvalue weighted by molar-refractivity contribution is 5.66. The van der Waals surface area contributed by atoms with Crippen LogP contribution in [0.3, 0.4) is 0 Å². The van der Waals surface area contributed by atoms with Gasteiger partial charge in [0, 0.05) is 6.92 Å². The summed E-state index contributed by atoms with van der Waals surface area (Å²) in [5.74, 6) is 1.68. The topological polar surface area (TPSA) is 63.2 Å². The lowest BCUT2D eigenvalue weighted by Gasteiger charge is -2.27. The molecule has 4 rings (SSSR count). The van der Waals surface area contributed by atoms with Crippen LogP contribution in [-0.4, -0.2) is 37.2 Å². The third-order valence-electron chi connectivity index (χ3n) is 5.76. The van der Waals surface area contributed by atoms with Gasteiger partial charge in [-0.15, -0.1) is 0 Å². The van der Waals surface area contributed by atoms with Crippen molar-refractivity contribution in [2.45, 2.75) is 52.3 Å². The van der Waals surface area contributed by atoms with Crippen LogP contribution < -0.4 is 14.2 Å². The smallest absolute Gasteiger partial charge is 0.305 e. The molecule has 0 amide bonds. The molecule has 0 bridgehead atoms. The Bertz CT molecular complexity index is 1130. The first kappa shape index (κ1) is 23.6. The van der Waals surface area contributed by atoms with Crippen molar-refractivity contribution in [1.29, 1.82) is 0 Å². The number of para-hydroxylation sites is 3. The second-order valence-corrected chi connectivity index (χ2v) is 8.42. The lowest BCUT2D eigenvalue weighted by Crippen LogP contribution is -2.44. The second kappa shape index (κ2) is 10.6. The summed E-state index contributed by atoms with van der Waals surface area (Å²) in [4.78, 5) is 11.9. The summed E-state index contributed by atoms with van der Waals surface area (Å²) in [5.41, 5.74) is 2.95. The monoisotopic (exact) mass is 462 g/mol. The highest BCUT2D eigenvalue weighted by Crippen LogP contribution is 2.33. The number of benzene rings is 3. The summed E-state index contributed by atoms with van der Waals surface area (Å²) in [6.45, 7) is 7.47. The van der Waals surface area contributed by atoms with E-state index in [2.05, 4.69) is 0 Å². The number of hydrogen-bond acceptors (Lipinski definition) is 6. The van der Waals surface area contributed by atoms with E-state index in [0.29, 0.717) is 11.5 Å². The maximum absolute atomic E-state index is 11.9. The molecule has 34 heavy (non-hydrogen) atoms. The lowest BCUT2D eigenvalue weighted by atomic mass is 10.1. The van der Waals surface area contributed by atoms with Gasteiger partial charge < -0.3 is 23.7 Å². The van der Waals surface area contributed by atoms with Crippen LogP contribution in [-0.2, 0) is 14.3 Å². The van der Waals surface area contributed by atoms with E-state index < -0.39 is 30.6 Å².